The molecule has 0 aromatic heterocycles. The van der Waals surface area contributed by atoms with Crippen LogP contribution in [0.4, 0.5) is 0 Å². The van der Waals surface area contributed by atoms with E-state index in [4.69, 9.17) is 20.0 Å². The SMILES string of the molecule is CC(=COP(=O)(O)O)C(=O)OCC(O)O. The van der Waals surface area contributed by atoms with Gasteiger partial charge in [0.05, 0.1) is 5.57 Å². The fraction of sp³-hybridized carbons (Fsp3) is 0.500. The zero-order valence-corrected chi connectivity index (χ0v) is 8.63. The predicted octanol–water partition coefficient (Wildman–Crippen LogP) is -1.15. The van der Waals surface area contributed by atoms with Crippen LogP contribution in [0.15, 0.2) is 11.8 Å². The normalized spacial score (nSPS) is 12.8. The zero-order chi connectivity index (χ0) is 12.1. The van der Waals surface area contributed by atoms with E-state index in [0.717, 1.165) is 0 Å². The van der Waals surface area contributed by atoms with Gasteiger partial charge in [0.1, 0.15) is 12.9 Å². The molecule has 0 rings (SSSR count). The Kier molecular flexibility index (Phi) is 5.48. The Bertz CT molecular complexity index is 290. The summed E-state index contributed by atoms with van der Waals surface area (Å²) in [5, 5.41) is 16.7. The molecule has 0 saturated carbocycles. The number of ether oxygens (including phenoxy) is 1. The summed E-state index contributed by atoms with van der Waals surface area (Å²) in [6.45, 7) is 0.543. The van der Waals surface area contributed by atoms with Crippen LogP contribution in [0.2, 0.25) is 0 Å². The first kappa shape index (κ1) is 14.1. The Morgan fingerprint density at radius 3 is 2.40 bits per heavy atom. The van der Waals surface area contributed by atoms with Crippen LogP contribution in [0.3, 0.4) is 0 Å². The fourth-order valence-corrected chi connectivity index (χ4v) is 0.755. The van der Waals surface area contributed by atoms with Crippen LogP contribution in [-0.4, -0.2) is 38.9 Å². The van der Waals surface area contributed by atoms with E-state index in [0.29, 0.717) is 6.26 Å². The second-order valence-corrected chi connectivity index (χ2v) is 3.67. The van der Waals surface area contributed by atoms with Crippen molar-refractivity contribution in [1.82, 2.24) is 0 Å². The van der Waals surface area contributed by atoms with Crippen LogP contribution >= 0.6 is 7.82 Å². The highest BCUT2D eigenvalue weighted by Gasteiger charge is 2.15. The highest BCUT2D eigenvalue weighted by atomic mass is 31.2. The zero-order valence-electron chi connectivity index (χ0n) is 7.73. The van der Waals surface area contributed by atoms with Gasteiger partial charge in [-0.3, -0.25) is 9.79 Å². The minimum atomic E-state index is -4.68. The molecule has 0 bridgehead atoms. The molecular formula is C6H11O8P. The molecule has 0 fully saturated rings. The van der Waals surface area contributed by atoms with Crippen LogP contribution in [-0.2, 0) is 18.6 Å². The molecule has 0 saturated heterocycles. The van der Waals surface area contributed by atoms with Gasteiger partial charge >= 0.3 is 13.8 Å². The summed E-state index contributed by atoms with van der Waals surface area (Å²) in [5.41, 5.74) is -0.223. The number of phosphoric acid groups is 1. The minimum absolute atomic E-state index is 0.223. The van der Waals surface area contributed by atoms with Gasteiger partial charge in [-0.05, 0) is 6.92 Å². The van der Waals surface area contributed by atoms with Crippen molar-refractivity contribution in [3.63, 3.8) is 0 Å². The summed E-state index contributed by atoms with van der Waals surface area (Å²) in [4.78, 5) is 27.5. The molecule has 0 unspecified atom stereocenters. The van der Waals surface area contributed by atoms with Crippen molar-refractivity contribution in [1.29, 1.82) is 0 Å². The third-order valence-electron chi connectivity index (χ3n) is 1.05. The van der Waals surface area contributed by atoms with Crippen molar-refractivity contribution >= 4 is 13.8 Å². The molecule has 0 aromatic carbocycles. The summed E-state index contributed by atoms with van der Waals surface area (Å²) in [6.07, 6.45) is -1.27. The standard InChI is InChI=1S/C6H11O8P/c1-4(2-14-15(10,11)12)6(9)13-3-5(7)8/h2,5,7-8H,3H2,1H3,(H2,10,11,12). The summed E-state index contributed by atoms with van der Waals surface area (Å²) < 4.78 is 18.4. The monoisotopic (exact) mass is 242 g/mol. The summed E-state index contributed by atoms with van der Waals surface area (Å²) >= 11 is 0. The van der Waals surface area contributed by atoms with Crippen molar-refractivity contribution in [3.05, 3.63) is 11.8 Å². The number of carbonyl (C=O) groups is 1. The van der Waals surface area contributed by atoms with Gasteiger partial charge in [0, 0.05) is 0 Å². The van der Waals surface area contributed by atoms with Crippen LogP contribution in [0.1, 0.15) is 6.92 Å². The van der Waals surface area contributed by atoms with E-state index in [-0.39, 0.29) is 5.57 Å². The largest absolute Gasteiger partial charge is 0.524 e. The Balaban J connectivity index is 4.14. The molecule has 0 radical (unpaired) electrons. The molecule has 15 heavy (non-hydrogen) atoms. The molecule has 9 heteroatoms. The molecule has 0 heterocycles. The molecule has 0 atom stereocenters. The van der Waals surface area contributed by atoms with Crippen molar-refractivity contribution in [3.8, 4) is 0 Å². The number of aliphatic hydroxyl groups excluding tert-OH is 1. The smallest absolute Gasteiger partial charge is 0.457 e. The van der Waals surface area contributed by atoms with Gasteiger partial charge in [-0.15, -0.1) is 0 Å². The third-order valence-corrected chi connectivity index (χ3v) is 1.43. The highest BCUT2D eigenvalue weighted by molar-refractivity contribution is 7.46. The lowest BCUT2D eigenvalue weighted by Crippen LogP contribution is -2.18. The van der Waals surface area contributed by atoms with Gasteiger partial charge < -0.3 is 19.5 Å². The molecular weight excluding hydrogens is 231 g/mol. The first-order valence-electron chi connectivity index (χ1n) is 3.66. The first-order chi connectivity index (χ1) is 6.72. The molecule has 0 spiro atoms. The number of aliphatic hydroxyl groups is 2. The number of rotatable bonds is 5. The fourth-order valence-electron chi connectivity index (χ4n) is 0.460. The van der Waals surface area contributed by atoms with Crippen LogP contribution in [0.25, 0.3) is 0 Å². The molecule has 0 aliphatic heterocycles. The van der Waals surface area contributed by atoms with Crippen molar-refractivity contribution < 1.29 is 38.6 Å². The maximum Gasteiger partial charge on any atom is 0.524 e. The third kappa shape index (κ3) is 8.10. The number of hydrogen-bond acceptors (Lipinski definition) is 6. The summed E-state index contributed by atoms with van der Waals surface area (Å²) in [7, 11) is -4.68. The van der Waals surface area contributed by atoms with Crippen LogP contribution in [0.5, 0.6) is 0 Å². The van der Waals surface area contributed by atoms with Gasteiger partial charge in [-0.25, -0.2) is 9.36 Å². The van der Waals surface area contributed by atoms with E-state index < -0.39 is 26.7 Å². The van der Waals surface area contributed by atoms with Crippen LogP contribution in [0, 0.1) is 0 Å². The van der Waals surface area contributed by atoms with Gasteiger partial charge in [-0.2, -0.15) is 0 Å². The first-order valence-corrected chi connectivity index (χ1v) is 5.19. The van der Waals surface area contributed by atoms with Gasteiger partial charge in [0.2, 0.25) is 0 Å². The molecule has 0 aliphatic rings. The average Bonchev–Trinajstić information content (AvgIpc) is 2.08. The topological polar surface area (TPSA) is 134 Å². The predicted molar refractivity (Wildman–Crippen MR) is 46.1 cm³/mol. The lowest BCUT2D eigenvalue weighted by atomic mass is 10.3. The van der Waals surface area contributed by atoms with Gasteiger partial charge in [-0.1, -0.05) is 0 Å². The van der Waals surface area contributed by atoms with Crippen molar-refractivity contribution in [2.75, 3.05) is 6.61 Å². The second-order valence-electron chi connectivity index (χ2n) is 2.48. The van der Waals surface area contributed by atoms with Crippen LogP contribution < -0.4 is 0 Å². The second kappa shape index (κ2) is 5.84. The molecule has 0 aliphatic carbocycles. The lowest BCUT2D eigenvalue weighted by Gasteiger charge is -2.06. The number of phosphoric ester groups is 1. The van der Waals surface area contributed by atoms with Crippen molar-refractivity contribution in [2.24, 2.45) is 0 Å². The van der Waals surface area contributed by atoms with E-state index in [2.05, 4.69) is 9.26 Å². The van der Waals surface area contributed by atoms with E-state index in [1.54, 1.807) is 0 Å². The molecule has 0 amide bonds. The van der Waals surface area contributed by atoms with Gasteiger partial charge in [0.15, 0.2) is 6.29 Å². The molecule has 0 aromatic rings. The molecule has 4 N–H and O–H groups in total. The Labute approximate surface area is 85.0 Å². The number of carbonyl (C=O) groups excluding carboxylic acids is 1. The Morgan fingerprint density at radius 1 is 1.47 bits per heavy atom. The summed E-state index contributed by atoms with van der Waals surface area (Å²) in [6, 6.07) is 0. The Morgan fingerprint density at radius 2 is 2.00 bits per heavy atom. The quantitative estimate of drug-likeness (QED) is 0.156. The number of esters is 1. The van der Waals surface area contributed by atoms with E-state index >= 15 is 0 Å². The summed E-state index contributed by atoms with van der Waals surface area (Å²) in [5.74, 6) is -0.975. The lowest BCUT2D eigenvalue weighted by molar-refractivity contribution is -0.152. The number of hydrogen-bond donors (Lipinski definition) is 4. The maximum absolute atomic E-state index is 10.9. The van der Waals surface area contributed by atoms with E-state index in [1.807, 2.05) is 0 Å². The van der Waals surface area contributed by atoms with E-state index in [1.165, 1.54) is 6.92 Å². The average molecular weight is 242 g/mol. The highest BCUT2D eigenvalue weighted by Crippen LogP contribution is 2.36. The molecule has 8 nitrogen and oxygen atoms in total. The minimum Gasteiger partial charge on any atom is -0.457 e. The molecule has 88 valence electrons. The maximum atomic E-state index is 10.9. The van der Waals surface area contributed by atoms with E-state index in [9.17, 15) is 9.36 Å². The Hall–Kier alpha value is -0.920. The van der Waals surface area contributed by atoms with Gasteiger partial charge in [0.25, 0.3) is 0 Å². The van der Waals surface area contributed by atoms with Crippen molar-refractivity contribution in [2.45, 2.75) is 13.2 Å².